The average Bonchev–Trinajstić information content (AvgIpc) is 3.18. The van der Waals surface area contributed by atoms with Gasteiger partial charge in [0, 0.05) is 30.4 Å². The normalized spacial score (nSPS) is 11.1. The van der Waals surface area contributed by atoms with Crippen LogP contribution in [0.15, 0.2) is 42.7 Å². The number of carbonyl (C=O) groups excluding carboxylic acids is 1. The van der Waals surface area contributed by atoms with Gasteiger partial charge in [0.15, 0.2) is 0 Å². The first-order valence-electron chi connectivity index (χ1n) is 8.39. The van der Waals surface area contributed by atoms with Crippen LogP contribution in [-0.2, 0) is 7.05 Å². The van der Waals surface area contributed by atoms with Gasteiger partial charge in [-0.3, -0.25) is 4.79 Å². The smallest absolute Gasteiger partial charge is 0.267 e. The molecule has 1 aromatic carbocycles. The van der Waals surface area contributed by atoms with E-state index in [4.69, 9.17) is 0 Å². The molecule has 3 heterocycles. The van der Waals surface area contributed by atoms with Gasteiger partial charge in [0.05, 0.1) is 11.4 Å². The van der Waals surface area contributed by atoms with Crippen LogP contribution in [-0.4, -0.2) is 20.4 Å². The maximum absolute atomic E-state index is 14.0. The number of anilines is 1. The molecule has 3 aromatic heterocycles. The minimum absolute atomic E-state index is 0.161. The number of amides is 1. The fraction of sp³-hybridized carbons (Fsp3) is 0.150. The summed E-state index contributed by atoms with van der Waals surface area (Å²) in [5, 5.41) is 4.35. The molecule has 0 aliphatic carbocycles. The number of aromatic nitrogens is 3. The third kappa shape index (κ3) is 3.10. The number of benzene rings is 1. The molecule has 7 heteroatoms. The average molecular weight is 380 g/mol. The molecule has 1 amide bonds. The van der Waals surface area contributed by atoms with E-state index in [9.17, 15) is 9.18 Å². The van der Waals surface area contributed by atoms with Gasteiger partial charge >= 0.3 is 0 Å². The van der Waals surface area contributed by atoms with Crippen molar-refractivity contribution in [3.05, 3.63) is 64.7 Å². The summed E-state index contributed by atoms with van der Waals surface area (Å²) in [5.41, 5.74) is 3.35. The molecule has 0 bridgehead atoms. The molecule has 0 aliphatic heterocycles. The highest BCUT2D eigenvalue weighted by atomic mass is 32.1. The van der Waals surface area contributed by atoms with E-state index in [0.29, 0.717) is 10.6 Å². The van der Waals surface area contributed by atoms with Gasteiger partial charge in [0.25, 0.3) is 5.91 Å². The van der Waals surface area contributed by atoms with Crippen molar-refractivity contribution in [2.75, 3.05) is 5.32 Å². The molecule has 27 heavy (non-hydrogen) atoms. The molecule has 0 atom stereocenters. The minimum atomic E-state index is -0.453. The predicted molar refractivity (Wildman–Crippen MR) is 106 cm³/mol. The van der Waals surface area contributed by atoms with E-state index in [-0.39, 0.29) is 11.6 Å². The molecular formula is C20H17FN4OS. The number of carbonyl (C=O) groups is 1. The lowest BCUT2D eigenvalue weighted by atomic mass is 10.2. The van der Waals surface area contributed by atoms with Gasteiger partial charge < -0.3 is 9.88 Å². The highest BCUT2D eigenvalue weighted by Gasteiger charge is 2.20. The molecule has 4 rings (SSSR count). The molecule has 0 aliphatic rings. The van der Waals surface area contributed by atoms with E-state index in [0.717, 1.165) is 27.2 Å². The second kappa shape index (κ2) is 6.59. The molecule has 0 unspecified atom stereocenters. The van der Waals surface area contributed by atoms with E-state index in [1.807, 2.05) is 29.9 Å². The molecule has 1 N–H and O–H groups in total. The van der Waals surface area contributed by atoms with E-state index in [1.165, 1.54) is 17.4 Å². The largest absolute Gasteiger partial charge is 0.335 e. The Bertz CT molecular complexity index is 1180. The number of nitrogens with zero attached hydrogens (tertiary/aromatic N) is 3. The summed E-state index contributed by atoms with van der Waals surface area (Å²) < 4.78 is 16.0. The predicted octanol–water partition coefficient (Wildman–Crippen LogP) is 4.71. The Balaban J connectivity index is 1.69. The van der Waals surface area contributed by atoms with Gasteiger partial charge in [0.1, 0.15) is 21.3 Å². The fourth-order valence-corrected chi connectivity index (χ4v) is 3.99. The summed E-state index contributed by atoms with van der Waals surface area (Å²) in [6.07, 6.45) is 3.70. The summed E-state index contributed by atoms with van der Waals surface area (Å²) in [4.78, 5) is 22.1. The third-order valence-corrected chi connectivity index (χ3v) is 5.53. The van der Waals surface area contributed by atoms with E-state index in [2.05, 4.69) is 15.3 Å². The van der Waals surface area contributed by atoms with Crippen LogP contribution in [0.25, 0.3) is 21.6 Å². The van der Waals surface area contributed by atoms with Crippen LogP contribution in [0.5, 0.6) is 0 Å². The molecule has 0 saturated carbocycles. The van der Waals surface area contributed by atoms with Crippen molar-refractivity contribution >= 4 is 34.0 Å². The molecule has 5 nitrogen and oxygen atoms in total. The van der Waals surface area contributed by atoms with Crippen LogP contribution < -0.4 is 5.32 Å². The number of hydrogen-bond acceptors (Lipinski definition) is 4. The lowest BCUT2D eigenvalue weighted by Crippen LogP contribution is -2.12. The molecular weight excluding hydrogens is 363 g/mol. The van der Waals surface area contributed by atoms with Crippen LogP contribution in [0.1, 0.15) is 20.9 Å². The standard InChI is InChI=1S/C20H17FN4OS/c1-11-6-7-16(15(21)9-11)24-19(26)17-12(2)23-20(27-17)14-10-25(3)18-13(14)5-4-8-22-18/h4-10H,1-3H3,(H,24,26). The first-order valence-corrected chi connectivity index (χ1v) is 9.21. The summed E-state index contributed by atoms with van der Waals surface area (Å²) >= 11 is 1.29. The second-order valence-electron chi connectivity index (χ2n) is 6.40. The Morgan fingerprint density at radius 3 is 2.85 bits per heavy atom. The molecule has 0 spiro atoms. The fourth-order valence-electron chi connectivity index (χ4n) is 3.01. The van der Waals surface area contributed by atoms with Crippen molar-refractivity contribution in [2.24, 2.45) is 7.05 Å². The van der Waals surface area contributed by atoms with Gasteiger partial charge in [-0.05, 0) is 43.7 Å². The number of aryl methyl sites for hydroxylation is 3. The van der Waals surface area contributed by atoms with E-state index < -0.39 is 5.82 Å². The first kappa shape index (κ1) is 17.4. The highest BCUT2D eigenvalue weighted by molar-refractivity contribution is 7.17. The SMILES string of the molecule is Cc1ccc(NC(=O)c2sc(-c3cn(C)c4ncccc34)nc2C)c(F)c1. The van der Waals surface area contributed by atoms with Crippen LogP contribution >= 0.6 is 11.3 Å². The van der Waals surface area contributed by atoms with Crippen LogP contribution in [0.3, 0.4) is 0 Å². The Morgan fingerprint density at radius 2 is 2.07 bits per heavy atom. The Morgan fingerprint density at radius 1 is 1.26 bits per heavy atom. The van der Waals surface area contributed by atoms with Gasteiger partial charge in [0.2, 0.25) is 0 Å². The molecule has 4 aromatic rings. The van der Waals surface area contributed by atoms with Gasteiger partial charge in [-0.1, -0.05) is 6.07 Å². The Labute approximate surface area is 159 Å². The third-order valence-electron chi connectivity index (χ3n) is 4.34. The zero-order valence-corrected chi connectivity index (χ0v) is 15.9. The van der Waals surface area contributed by atoms with Gasteiger partial charge in [-0.25, -0.2) is 14.4 Å². The molecule has 0 fully saturated rings. The van der Waals surface area contributed by atoms with Crippen molar-refractivity contribution in [3.8, 4) is 10.6 Å². The van der Waals surface area contributed by atoms with E-state index in [1.54, 1.807) is 32.2 Å². The Kier molecular flexibility index (Phi) is 4.24. The van der Waals surface area contributed by atoms with Crippen molar-refractivity contribution in [2.45, 2.75) is 13.8 Å². The quantitative estimate of drug-likeness (QED) is 0.560. The number of fused-ring (bicyclic) bond motifs is 1. The van der Waals surface area contributed by atoms with E-state index >= 15 is 0 Å². The van der Waals surface area contributed by atoms with Crippen molar-refractivity contribution in [1.29, 1.82) is 0 Å². The van der Waals surface area contributed by atoms with Crippen LogP contribution in [0, 0.1) is 19.7 Å². The highest BCUT2D eigenvalue weighted by Crippen LogP contribution is 2.34. The molecule has 0 radical (unpaired) electrons. The van der Waals surface area contributed by atoms with Gasteiger partial charge in [-0.15, -0.1) is 11.3 Å². The number of hydrogen-bond donors (Lipinski definition) is 1. The monoisotopic (exact) mass is 380 g/mol. The number of rotatable bonds is 3. The lowest BCUT2D eigenvalue weighted by Gasteiger charge is -2.06. The van der Waals surface area contributed by atoms with Gasteiger partial charge in [-0.2, -0.15) is 0 Å². The maximum Gasteiger partial charge on any atom is 0.267 e. The minimum Gasteiger partial charge on any atom is -0.335 e. The number of halogens is 1. The lowest BCUT2D eigenvalue weighted by molar-refractivity contribution is 0.102. The second-order valence-corrected chi connectivity index (χ2v) is 7.40. The maximum atomic E-state index is 14.0. The topological polar surface area (TPSA) is 59.8 Å². The number of pyridine rings is 1. The van der Waals surface area contributed by atoms with Crippen LogP contribution in [0.2, 0.25) is 0 Å². The summed E-state index contributed by atoms with van der Waals surface area (Å²) in [7, 11) is 1.92. The molecule has 136 valence electrons. The summed E-state index contributed by atoms with van der Waals surface area (Å²) in [6, 6.07) is 8.57. The summed E-state index contributed by atoms with van der Waals surface area (Å²) in [6.45, 7) is 3.58. The van der Waals surface area contributed by atoms with Crippen LogP contribution in [0.4, 0.5) is 10.1 Å². The summed E-state index contributed by atoms with van der Waals surface area (Å²) in [5.74, 6) is -0.816. The zero-order valence-electron chi connectivity index (χ0n) is 15.1. The Hall–Kier alpha value is -3.06. The van der Waals surface area contributed by atoms with Crippen molar-refractivity contribution in [3.63, 3.8) is 0 Å². The number of thiazole rings is 1. The van der Waals surface area contributed by atoms with Crippen molar-refractivity contribution < 1.29 is 9.18 Å². The zero-order chi connectivity index (χ0) is 19.1. The molecule has 0 saturated heterocycles. The van der Waals surface area contributed by atoms with Crippen molar-refractivity contribution in [1.82, 2.24) is 14.5 Å². The number of nitrogens with one attached hydrogen (secondary N) is 1. The first-order chi connectivity index (χ1) is 12.9.